The Balaban J connectivity index is 2.85. The SMILES string of the molecule is CC(C)(C)C/C(=N/N)c1ccccc1. The van der Waals surface area contributed by atoms with Crippen molar-refractivity contribution in [2.24, 2.45) is 16.4 Å². The molecule has 0 aromatic heterocycles. The lowest BCUT2D eigenvalue weighted by Crippen LogP contribution is -2.15. The molecule has 0 unspecified atom stereocenters. The molecule has 0 aliphatic heterocycles. The fourth-order valence-corrected chi connectivity index (χ4v) is 1.36. The van der Waals surface area contributed by atoms with Crippen molar-refractivity contribution in [1.82, 2.24) is 0 Å². The molecule has 0 fully saturated rings. The maximum absolute atomic E-state index is 5.40. The molecule has 76 valence electrons. The van der Waals surface area contributed by atoms with Crippen LogP contribution in [0.4, 0.5) is 0 Å². The first-order chi connectivity index (χ1) is 6.53. The van der Waals surface area contributed by atoms with E-state index in [1.807, 2.05) is 30.3 Å². The number of benzene rings is 1. The molecule has 0 aliphatic rings. The Labute approximate surface area is 85.8 Å². The zero-order valence-corrected chi connectivity index (χ0v) is 9.12. The number of hydrogen-bond acceptors (Lipinski definition) is 2. The van der Waals surface area contributed by atoms with Gasteiger partial charge in [0.25, 0.3) is 0 Å². The van der Waals surface area contributed by atoms with E-state index >= 15 is 0 Å². The van der Waals surface area contributed by atoms with E-state index < -0.39 is 0 Å². The van der Waals surface area contributed by atoms with Gasteiger partial charge in [0, 0.05) is 0 Å². The molecule has 0 aliphatic carbocycles. The van der Waals surface area contributed by atoms with E-state index in [0.717, 1.165) is 17.7 Å². The lowest BCUT2D eigenvalue weighted by Gasteiger charge is -2.18. The summed E-state index contributed by atoms with van der Waals surface area (Å²) in [6.07, 6.45) is 0.896. The number of nitrogens with zero attached hydrogens (tertiary/aromatic N) is 1. The number of hydrazone groups is 1. The zero-order valence-electron chi connectivity index (χ0n) is 9.12. The van der Waals surface area contributed by atoms with Gasteiger partial charge >= 0.3 is 0 Å². The Kier molecular flexibility index (Phi) is 3.28. The van der Waals surface area contributed by atoms with Crippen LogP contribution in [0, 0.1) is 5.41 Å². The van der Waals surface area contributed by atoms with Gasteiger partial charge in [0.05, 0.1) is 5.71 Å². The molecule has 14 heavy (non-hydrogen) atoms. The maximum Gasteiger partial charge on any atom is 0.0677 e. The van der Waals surface area contributed by atoms with Crippen molar-refractivity contribution in [3.05, 3.63) is 35.9 Å². The van der Waals surface area contributed by atoms with Gasteiger partial charge in [-0.25, -0.2) is 0 Å². The third-order valence-corrected chi connectivity index (χ3v) is 1.96. The number of rotatable bonds is 2. The molecule has 1 rings (SSSR count). The molecule has 0 bridgehead atoms. The quantitative estimate of drug-likeness (QED) is 0.434. The van der Waals surface area contributed by atoms with Crippen molar-refractivity contribution < 1.29 is 0 Å². The van der Waals surface area contributed by atoms with Crippen LogP contribution < -0.4 is 5.84 Å². The Bertz CT molecular complexity index is 307. The summed E-state index contributed by atoms with van der Waals surface area (Å²) in [5.74, 6) is 5.40. The van der Waals surface area contributed by atoms with E-state index in [2.05, 4.69) is 25.9 Å². The molecule has 0 saturated heterocycles. The van der Waals surface area contributed by atoms with Crippen LogP contribution in [0.15, 0.2) is 35.4 Å². The first-order valence-corrected chi connectivity index (χ1v) is 4.85. The molecule has 0 saturated carbocycles. The molecule has 0 radical (unpaired) electrons. The van der Waals surface area contributed by atoms with Crippen LogP contribution in [-0.2, 0) is 0 Å². The molecule has 1 aromatic rings. The minimum Gasteiger partial charge on any atom is -0.323 e. The van der Waals surface area contributed by atoms with Crippen LogP contribution in [0.5, 0.6) is 0 Å². The van der Waals surface area contributed by atoms with Crippen molar-refractivity contribution in [1.29, 1.82) is 0 Å². The first-order valence-electron chi connectivity index (χ1n) is 4.85. The van der Waals surface area contributed by atoms with Crippen LogP contribution in [0.2, 0.25) is 0 Å². The molecule has 1 aromatic carbocycles. The summed E-state index contributed by atoms with van der Waals surface area (Å²) in [5.41, 5.74) is 2.30. The topological polar surface area (TPSA) is 38.4 Å². The van der Waals surface area contributed by atoms with Crippen LogP contribution in [0.3, 0.4) is 0 Å². The van der Waals surface area contributed by atoms with Gasteiger partial charge in [-0.05, 0) is 17.4 Å². The van der Waals surface area contributed by atoms with Gasteiger partial charge in [0.15, 0.2) is 0 Å². The van der Waals surface area contributed by atoms with Crippen molar-refractivity contribution >= 4 is 5.71 Å². The summed E-state index contributed by atoms with van der Waals surface area (Å²) in [6.45, 7) is 6.54. The van der Waals surface area contributed by atoms with E-state index in [4.69, 9.17) is 5.84 Å². The standard InChI is InChI=1S/C12H18N2/c1-12(2,3)9-11(14-13)10-7-5-4-6-8-10/h4-8H,9,13H2,1-3H3/b14-11-. The Hall–Kier alpha value is -1.31. The van der Waals surface area contributed by atoms with E-state index in [9.17, 15) is 0 Å². The molecular formula is C12H18N2. The summed E-state index contributed by atoms with van der Waals surface area (Å²) < 4.78 is 0. The third kappa shape index (κ3) is 3.21. The normalized spacial score (nSPS) is 12.9. The van der Waals surface area contributed by atoms with Crippen molar-refractivity contribution in [2.45, 2.75) is 27.2 Å². The fraction of sp³-hybridized carbons (Fsp3) is 0.417. The van der Waals surface area contributed by atoms with Gasteiger partial charge in [-0.15, -0.1) is 0 Å². The Morgan fingerprint density at radius 2 is 1.79 bits per heavy atom. The van der Waals surface area contributed by atoms with Crippen molar-refractivity contribution in [3.63, 3.8) is 0 Å². The molecule has 0 atom stereocenters. The van der Waals surface area contributed by atoms with Crippen molar-refractivity contribution in [3.8, 4) is 0 Å². The molecule has 2 nitrogen and oxygen atoms in total. The summed E-state index contributed by atoms with van der Waals surface area (Å²) in [6, 6.07) is 10.1. The first kappa shape index (κ1) is 10.8. The smallest absolute Gasteiger partial charge is 0.0677 e. The third-order valence-electron chi connectivity index (χ3n) is 1.96. The molecule has 0 heterocycles. The average Bonchev–Trinajstić information content (AvgIpc) is 2.14. The second-order valence-electron chi connectivity index (χ2n) is 4.68. The summed E-state index contributed by atoms with van der Waals surface area (Å²) in [7, 11) is 0. The number of hydrogen-bond donors (Lipinski definition) is 1. The van der Waals surface area contributed by atoms with E-state index in [-0.39, 0.29) is 5.41 Å². The molecule has 2 heteroatoms. The predicted octanol–water partition coefficient (Wildman–Crippen LogP) is 2.79. The summed E-state index contributed by atoms with van der Waals surface area (Å²) >= 11 is 0. The maximum atomic E-state index is 5.40. The highest BCUT2D eigenvalue weighted by Crippen LogP contribution is 2.21. The van der Waals surface area contributed by atoms with E-state index in [1.54, 1.807) is 0 Å². The summed E-state index contributed by atoms with van der Waals surface area (Å²) in [4.78, 5) is 0. The molecule has 2 N–H and O–H groups in total. The lowest BCUT2D eigenvalue weighted by molar-refractivity contribution is 0.434. The highest BCUT2D eigenvalue weighted by Gasteiger charge is 2.15. The largest absolute Gasteiger partial charge is 0.323 e. The second kappa shape index (κ2) is 4.27. The van der Waals surface area contributed by atoms with Gasteiger partial charge in [0.2, 0.25) is 0 Å². The van der Waals surface area contributed by atoms with Crippen molar-refractivity contribution in [2.75, 3.05) is 0 Å². The van der Waals surface area contributed by atoms with Crippen LogP contribution >= 0.6 is 0 Å². The Morgan fingerprint density at radius 3 is 2.21 bits per heavy atom. The Morgan fingerprint density at radius 1 is 1.21 bits per heavy atom. The zero-order chi connectivity index (χ0) is 10.6. The van der Waals surface area contributed by atoms with Gasteiger partial charge < -0.3 is 5.84 Å². The van der Waals surface area contributed by atoms with Gasteiger partial charge in [-0.3, -0.25) is 0 Å². The van der Waals surface area contributed by atoms with Crippen LogP contribution in [-0.4, -0.2) is 5.71 Å². The molecule has 0 spiro atoms. The average molecular weight is 190 g/mol. The van der Waals surface area contributed by atoms with Crippen LogP contribution in [0.1, 0.15) is 32.8 Å². The summed E-state index contributed by atoms with van der Waals surface area (Å²) in [5, 5.41) is 3.86. The van der Waals surface area contributed by atoms with E-state index in [0.29, 0.717) is 0 Å². The van der Waals surface area contributed by atoms with Gasteiger partial charge in [-0.1, -0.05) is 51.1 Å². The van der Waals surface area contributed by atoms with E-state index in [1.165, 1.54) is 0 Å². The second-order valence-corrected chi connectivity index (χ2v) is 4.68. The predicted molar refractivity (Wildman–Crippen MR) is 61.2 cm³/mol. The lowest BCUT2D eigenvalue weighted by atomic mass is 9.87. The van der Waals surface area contributed by atoms with Crippen LogP contribution in [0.25, 0.3) is 0 Å². The fourth-order valence-electron chi connectivity index (χ4n) is 1.36. The van der Waals surface area contributed by atoms with Gasteiger partial charge in [-0.2, -0.15) is 5.10 Å². The van der Waals surface area contributed by atoms with Gasteiger partial charge in [0.1, 0.15) is 0 Å². The molecule has 0 amide bonds. The number of nitrogens with two attached hydrogens (primary N) is 1. The minimum atomic E-state index is 0.216. The molecular weight excluding hydrogens is 172 g/mol. The highest BCUT2D eigenvalue weighted by molar-refractivity contribution is 6.00. The monoisotopic (exact) mass is 190 g/mol. The highest BCUT2D eigenvalue weighted by atomic mass is 15.1. The minimum absolute atomic E-state index is 0.216.